The molecule has 1 amide bonds. The number of carbonyl (C=O) groups is 2. The van der Waals surface area contributed by atoms with Crippen molar-refractivity contribution in [1.82, 2.24) is 5.32 Å². The van der Waals surface area contributed by atoms with Gasteiger partial charge < -0.3 is 15.7 Å². The maximum absolute atomic E-state index is 12.1. The highest BCUT2D eigenvalue weighted by molar-refractivity contribution is 5.85. The van der Waals surface area contributed by atoms with Crippen molar-refractivity contribution in [2.45, 2.75) is 45.7 Å². The molecule has 1 atom stereocenters. The minimum absolute atomic E-state index is 0.0131. The first-order valence-electron chi connectivity index (χ1n) is 7.24. The maximum atomic E-state index is 12.1. The second kappa shape index (κ2) is 6.16. The number of hydrogen-bond acceptors (Lipinski definition) is 3. The Morgan fingerprint density at radius 1 is 1.24 bits per heavy atom. The summed E-state index contributed by atoms with van der Waals surface area (Å²) in [5, 5.41) is 15.0. The first-order chi connectivity index (χ1) is 9.88. The molecule has 114 valence electrons. The fraction of sp³-hybridized carbons (Fsp3) is 0.500. The molecule has 1 unspecified atom stereocenters. The van der Waals surface area contributed by atoms with Gasteiger partial charge in [-0.15, -0.1) is 0 Å². The zero-order valence-corrected chi connectivity index (χ0v) is 12.6. The number of amides is 1. The van der Waals surface area contributed by atoms with Crippen molar-refractivity contribution in [2.24, 2.45) is 5.92 Å². The van der Waals surface area contributed by atoms with Crippen LogP contribution < -0.4 is 10.6 Å². The highest BCUT2D eigenvalue weighted by atomic mass is 16.4. The number of carboxylic acid groups (broad SMARTS) is 1. The number of carbonyl (C=O) groups excluding carboxylic acids is 1. The first-order valence-corrected chi connectivity index (χ1v) is 7.24. The van der Waals surface area contributed by atoms with Crippen LogP contribution in [0.1, 0.15) is 30.9 Å². The molecule has 3 N–H and O–H groups in total. The molecular weight excluding hydrogens is 268 g/mol. The number of aliphatic carboxylic acids is 1. The van der Waals surface area contributed by atoms with Gasteiger partial charge in [0.25, 0.3) is 0 Å². The number of benzene rings is 1. The van der Waals surface area contributed by atoms with Crippen LogP contribution >= 0.6 is 0 Å². The molecule has 1 saturated carbocycles. The Balaban J connectivity index is 1.88. The summed E-state index contributed by atoms with van der Waals surface area (Å²) in [6.45, 7) is 5.82. The third-order valence-corrected chi connectivity index (χ3v) is 4.07. The molecule has 2 rings (SSSR count). The Morgan fingerprint density at radius 3 is 2.33 bits per heavy atom. The molecule has 0 aliphatic heterocycles. The Kier molecular flexibility index (Phi) is 4.50. The van der Waals surface area contributed by atoms with Gasteiger partial charge in [-0.25, -0.2) is 0 Å². The number of anilines is 1. The van der Waals surface area contributed by atoms with E-state index in [1.807, 2.05) is 39.0 Å². The number of carboxylic acids is 1. The summed E-state index contributed by atoms with van der Waals surface area (Å²) in [6.07, 6.45) is 1.05. The smallest absolute Gasteiger partial charge is 0.306 e. The summed E-state index contributed by atoms with van der Waals surface area (Å²) in [7, 11) is 0. The van der Waals surface area contributed by atoms with Crippen molar-refractivity contribution in [2.75, 3.05) is 5.32 Å². The maximum Gasteiger partial charge on any atom is 0.306 e. The highest BCUT2D eigenvalue weighted by Crippen LogP contribution is 2.27. The van der Waals surface area contributed by atoms with Crippen molar-refractivity contribution >= 4 is 17.6 Å². The van der Waals surface area contributed by atoms with E-state index in [9.17, 15) is 9.59 Å². The Morgan fingerprint density at radius 2 is 1.81 bits per heavy atom. The molecular formula is C16H22N2O3. The van der Waals surface area contributed by atoms with E-state index in [2.05, 4.69) is 10.6 Å². The van der Waals surface area contributed by atoms with E-state index >= 15 is 0 Å². The Labute approximate surface area is 124 Å². The number of aryl methyl sites for hydroxylation is 2. The average molecular weight is 290 g/mol. The van der Waals surface area contributed by atoms with E-state index in [0.29, 0.717) is 12.8 Å². The molecule has 21 heavy (non-hydrogen) atoms. The average Bonchev–Trinajstić information content (AvgIpc) is 2.36. The minimum Gasteiger partial charge on any atom is -0.481 e. The van der Waals surface area contributed by atoms with Gasteiger partial charge in [0.15, 0.2) is 0 Å². The predicted molar refractivity (Wildman–Crippen MR) is 81.3 cm³/mol. The SMILES string of the molecule is Cc1cccc(C)c1NC(C)C(=O)NC1CC(C(=O)O)C1. The molecule has 1 aliphatic carbocycles. The van der Waals surface area contributed by atoms with Gasteiger partial charge >= 0.3 is 5.97 Å². The number of hydrogen-bond donors (Lipinski definition) is 3. The van der Waals surface area contributed by atoms with Crippen LogP contribution in [-0.4, -0.2) is 29.1 Å². The van der Waals surface area contributed by atoms with Crippen molar-refractivity contribution < 1.29 is 14.7 Å². The van der Waals surface area contributed by atoms with Crippen LogP contribution in [0.3, 0.4) is 0 Å². The van der Waals surface area contributed by atoms with Crippen LogP contribution in [0.25, 0.3) is 0 Å². The third kappa shape index (κ3) is 3.54. The zero-order valence-electron chi connectivity index (χ0n) is 12.6. The summed E-state index contributed by atoms with van der Waals surface area (Å²) in [5.74, 6) is -1.18. The van der Waals surface area contributed by atoms with Crippen LogP contribution in [0.5, 0.6) is 0 Å². The first kappa shape index (κ1) is 15.4. The van der Waals surface area contributed by atoms with Crippen molar-refractivity contribution in [1.29, 1.82) is 0 Å². The van der Waals surface area contributed by atoms with Crippen LogP contribution in [0, 0.1) is 19.8 Å². The van der Waals surface area contributed by atoms with Gasteiger partial charge in [-0.2, -0.15) is 0 Å². The predicted octanol–water partition coefficient (Wildman–Crippen LogP) is 2.08. The molecule has 0 aromatic heterocycles. The van der Waals surface area contributed by atoms with E-state index in [-0.39, 0.29) is 23.9 Å². The molecule has 5 nitrogen and oxygen atoms in total. The molecule has 0 saturated heterocycles. The largest absolute Gasteiger partial charge is 0.481 e. The standard InChI is InChI=1S/C16H22N2O3/c1-9-5-4-6-10(2)14(9)17-11(3)15(19)18-13-7-12(8-13)16(20)21/h4-6,11-13,17H,7-8H2,1-3H3,(H,18,19)(H,20,21). The van der Waals surface area contributed by atoms with Crippen molar-refractivity contribution in [3.05, 3.63) is 29.3 Å². The lowest BCUT2D eigenvalue weighted by molar-refractivity contribution is -0.146. The molecule has 0 heterocycles. The van der Waals surface area contributed by atoms with Crippen LogP contribution in [0.15, 0.2) is 18.2 Å². The quantitative estimate of drug-likeness (QED) is 0.776. The third-order valence-electron chi connectivity index (χ3n) is 4.07. The molecule has 1 aliphatic rings. The lowest BCUT2D eigenvalue weighted by Gasteiger charge is -2.33. The van der Waals surface area contributed by atoms with Gasteiger partial charge in [-0.05, 0) is 44.7 Å². The molecule has 1 fully saturated rings. The summed E-state index contributed by atoms with van der Waals surface area (Å²) < 4.78 is 0. The molecule has 0 radical (unpaired) electrons. The van der Waals surface area contributed by atoms with Crippen LogP contribution in [0.4, 0.5) is 5.69 Å². The molecule has 5 heteroatoms. The highest BCUT2D eigenvalue weighted by Gasteiger charge is 2.35. The van der Waals surface area contributed by atoms with Gasteiger partial charge in [0.2, 0.25) is 5.91 Å². The monoisotopic (exact) mass is 290 g/mol. The molecule has 0 bridgehead atoms. The fourth-order valence-corrected chi connectivity index (χ4v) is 2.59. The summed E-state index contributed by atoms with van der Waals surface area (Å²) in [4.78, 5) is 22.9. The normalized spacial score (nSPS) is 22.0. The number of para-hydroxylation sites is 1. The summed E-state index contributed by atoms with van der Waals surface area (Å²) in [6, 6.07) is 5.63. The molecule has 0 spiro atoms. The lowest BCUT2D eigenvalue weighted by atomic mass is 9.80. The van der Waals surface area contributed by atoms with Crippen LogP contribution in [0.2, 0.25) is 0 Å². The van der Waals surface area contributed by atoms with E-state index < -0.39 is 5.97 Å². The van der Waals surface area contributed by atoms with Gasteiger partial charge in [0.1, 0.15) is 6.04 Å². The lowest BCUT2D eigenvalue weighted by Crippen LogP contribution is -2.50. The van der Waals surface area contributed by atoms with Gasteiger partial charge in [0.05, 0.1) is 5.92 Å². The second-order valence-corrected chi connectivity index (χ2v) is 5.84. The summed E-state index contributed by atoms with van der Waals surface area (Å²) in [5.41, 5.74) is 3.19. The van der Waals surface area contributed by atoms with E-state index in [0.717, 1.165) is 16.8 Å². The molecule has 1 aromatic rings. The zero-order chi connectivity index (χ0) is 15.6. The van der Waals surface area contributed by atoms with Gasteiger partial charge in [-0.1, -0.05) is 18.2 Å². The Bertz CT molecular complexity index is 530. The molecule has 1 aromatic carbocycles. The van der Waals surface area contributed by atoms with Crippen molar-refractivity contribution in [3.8, 4) is 0 Å². The van der Waals surface area contributed by atoms with Crippen LogP contribution in [-0.2, 0) is 9.59 Å². The van der Waals surface area contributed by atoms with Gasteiger partial charge in [-0.3, -0.25) is 9.59 Å². The number of rotatable bonds is 5. The summed E-state index contributed by atoms with van der Waals surface area (Å²) >= 11 is 0. The fourth-order valence-electron chi connectivity index (χ4n) is 2.59. The van der Waals surface area contributed by atoms with Crippen molar-refractivity contribution in [3.63, 3.8) is 0 Å². The van der Waals surface area contributed by atoms with E-state index in [1.54, 1.807) is 0 Å². The second-order valence-electron chi connectivity index (χ2n) is 5.84. The van der Waals surface area contributed by atoms with E-state index in [1.165, 1.54) is 0 Å². The Hall–Kier alpha value is -2.04. The topological polar surface area (TPSA) is 78.4 Å². The minimum atomic E-state index is -0.776. The number of nitrogens with one attached hydrogen (secondary N) is 2. The van der Waals surface area contributed by atoms with Gasteiger partial charge in [0, 0.05) is 11.7 Å². The van der Waals surface area contributed by atoms with E-state index in [4.69, 9.17) is 5.11 Å².